The lowest BCUT2D eigenvalue weighted by atomic mass is 9.88. The molecule has 0 aromatic heterocycles. The molecule has 0 N–H and O–H groups in total. The molecule has 0 amide bonds. The maximum atomic E-state index is 2.45. The molecule has 1 aromatic rings. The van der Waals surface area contributed by atoms with Crippen molar-refractivity contribution in [3.8, 4) is 0 Å². The van der Waals surface area contributed by atoms with Gasteiger partial charge in [0.15, 0.2) is 0 Å². The minimum absolute atomic E-state index is 0.640. The Morgan fingerprint density at radius 3 is 2.81 bits per heavy atom. The van der Waals surface area contributed by atoms with Gasteiger partial charge in [0, 0.05) is 6.54 Å². The van der Waals surface area contributed by atoms with Crippen LogP contribution in [0.1, 0.15) is 49.7 Å². The number of likely N-dealkylation sites (tertiary alicyclic amines) is 1. The molecule has 0 unspecified atom stereocenters. The Morgan fingerprint density at radius 1 is 1.31 bits per heavy atom. The fourth-order valence-electron chi connectivity index (χ4n) is 2.61. The summed E-state index contributed by atoms with van der Waals surface area (Å²) in [6.45, 7) is 7.03. The topological polar surface area (TPSA) is 3.24 Å². The molecule has 1 aliphatic heterocycles. The highest BCUT2D eigenvalue weighted by atomic mass is 15.1. The SMILES string of the molecule is CC(C)c1cccc([C@H]2CCCN(C)C2)c1. The first-order chi connectivity index (χ1) is 7.66. The molecule has 0 saturated carbocycles. The molecule has 1 heteroatoms. The largest absolute Gasteiger partial charge is 0.306 e. The van der Waals surface area contributed by atoms with E-state index in [9.17, 15) is 0 Å². The molecule has 0 aliphatic carbocycles. The molecule has 0 spiro atoms. The summed E-state index contributed by atoms with van der Waals surface area (Å²) in [5, 5.41) is 0. The first kappa shape index (κ1) is 11.7. The molecule has 0 bridgehead atoms. The second-order valence-corrected chi connectivity index (χ2v) is 5.43. The molecule has 0 radical (unpaired) electrons. The number of rotatable bonds is 2. The number of hydrogen-bond acceptors (Lipinski definition) is 1. The van der Waals surface area contributed by atoms with Gasteiger partial charge in [-0.3, -0.25) is 0 Å². The van der Waals surface area contributed by atoms with Crippen LogP contribution in [0.2, 0.25) is 0 Å². The molecule has 1 heterocycles. The van der Waals surface area contributed by atoms with Gasteiger partial charge in [0.1, 0.15) is 0 Å². The lowest BCUT2D eigenvalue weighted by Crippen LogP contribution is -2.30. The van der Waals surface area contributed by atoms with Crippen LogP contribution in [0.3, 0.4) is 0 Å². The molecular weight excluding hydrogens is 194 g/mol. The van der Waals surface area contributed by atoms with Crippen molar-refractivity contribution in [1.82, 2.24) is 4.90 Å². The van der Waals surface area contributed by atoms with Gasteiger partial charge in [0.2, 0.25) is 0 Å². The average molecular weight is 217 g/mol. The fraction of sp³-hybridized carbons (Fsp3) is 0.600. The van der Waals surface area contributed by atoms with E-state index < -0.39 is 0 Å². The van der Waals surface area contributed by atoms with E-state index in [1.54, 1.807) is 0 Å². The van der Waals surface area contributed by atoms with Crippen LogP contribution in [0.4, 0.5) is 0 Å². The van der Waals surface area contributed by atoms with Crippen LogP contribution in [0.15, 0.2) is 24.3 Å². The molecule has 1 saturated heterocycles. The zero-order chi connectivity index (χ0) is 11.5. The van der Waals surface area contributed by atoms with Gasteiger partial charge >= 0.3 is 0 Å². The minimum Gasteiger partial charge on any atom is -0.306 e. The number of hydrogen-bond donors (Lipinski definition) is 0. The zero-order valence-electron chi connectivity index (χ0n) is 10.7. The summed E-state index contributed by atoms with van der Waals surface area (Å²) in [5.41, 5.74) is 3.02. The van der Waals surface area contributed by atoms with E-state index in [2.05, 4.69) is 50.1 Å². The lowest BCUT2D eigenvalue weighted by molar-refractivity contribution is 0.251. The van der Waals surface area contributed by atoms with Crippen LogP contribution >= 0.6 is 0 Å². The van der Waals surface area contributed by atoms with E-state index in [0.717, 1.165) is 5.92 Å². The summed E-state index contributed by atoms with van der Waals surface area (Å²) >= 11 is 0. The Bertz CT molecular complexity index is 343. The smallest absolute Gasteiger partial charge is 0.00472 e. The van der Waals surface area contributed by atoms with Gasteiger partial charge in [-0.05, 0) is 49.4 Å². The van der Waals surface area contributed by atoms with E-state index >= 15 is 0 Å². The van der Waals surface area contributed by atoms with Crippen LogP contribution < -0.4 is 0 Å². The van der Waals surface area contributed by atoms with Crippen LogP contribution in [0.5, 0.6) is 0 Å². The average Bonchev–Trinajstić information content (AvgIpc) is 2.29. The van der Waals surface area contributed by atoms with Gasteiger partial charge in [-0.1, -0.05) is 38.1 Å². The predicted octanol–water partition coefficient (Wildman–Crippen LogP) is 3.62. The lowest BCUT2D eigenvalue weighted by Gasteiger charge is -2.30. The van der Waals surface area contributed by atoms with Crippen molar-refractivity contribution in [1.29, 1.82) is 0 Å². The van der Waals surface area contributed by atoms with Crippen molar-refractivity contribution in [2.24, 2.45) is 0 Å². The molecule has 16 heavy (non-hydrogen) atoms. The molecule has 88 valence electrons. The van der Waals surface area contributed by atoms with Gasteiger partial charge in [0.25, 0.3) is 0 Å². The summed E-state index contributed by atoms with van der Waals surface area (Å²) in [5.74, 6) is 1.39. The third-order valence-corrected chi connectivity index (χ3v) is 3.67. The molecular formula is C15H23N. The van der Waals surface area contributed by atoms with Crippen molar-refractivity contribution in [2.75, 3.05) is 20.1 Å². The van der Waals surface area contributed by atoms with Gasteiger partial charge in [0.05, 0.1) is 0 Å². The highest BCUT2D eigenvalue weighted by molar-refractivity contribution is 5.28. The van der Waals surface area contributed by atoms with Crippen LogP contribution in [-0.2, 0) is 0 Å². The predicted molar refractivity (Wildman–Crippen MR) is 70.0 cm³/mol. The molecule has 1 fully saturated rings. The first-order valence-corrected chi connectivity index (χ1v) is 6.45. The van der Waals surface area contributed by atoms with Crippen molar-refractivity contribution < 1.29 is 0 Å². The number of benzene rings is 1. The Kier molecular flexibility index (Phi) is 3.65. The standard InChI is InChI=1S/C15H23N/c1-12(2)13-6-4-7-14(10-13)15-8-5-9-16(3)11-15/h4,6-7,10,12,15H,5,8-9,11H2,1-3H3/t15-/m0/s1. The van der Waals surface area contributed by atoms with Crippen LogP contribution in [-0.4, -0.2) is 25.0 Å². The molecule has 2 rings (SSSR count). The highest BCUT2D eigenvalue weighted by Crippen LogP contribution is 2.28. The third-order valence-electron chi connectivity index (χ3n) is 3.67. The van der Waals surface area contributed by atoms with Crippen LogP contribution in [0, 0.1) is 0 Å². The van der Waals surface area contributed by atoms with Crippen molar-refractivity contribution in [2.45, 2.75) is 38.5 Å². The van der Waals surface area contributed by atoms with Crippen molar-refractivity contribution in [3.05, 3.63) is 35.4 Å². The Labute approximate surface area is 99.5 Å². The minimum atomic E-state index is 0.640. The Balaban J connectivity index is 2.16. The fourth-order valence-corrected chi connectivity index (χ4v) is 2.61. The van der Waals surface area contributed by atoms with Gasteiger partial charge in [-0.2, -0.15) is 0 Å². The maximum absolute atomic E-state index is 2.45. The monoisotopic (exact) mass is 217 g/mol. The number of nitrogens with zero attached hydrogens (tertiary/aromatic N) is 1. The maximum Gasteiger partial charge on any atom is 0.00472 e. The summed E-state index contributed by atoms with van der Waals surface area (Å²) in [6, 6.07) is 9.18. The number of piperidine rings is 1. The third kappa shape index (κ3) is 2.65. The van der Waals surface area contributed by atoms with E-state index in [0.29, 0.717) is 5.92 Å². The normalized spacial score (nSPS) is 22.6. The van der Waals surface area contributed by atoms with Crippen LogP contribution in [0.25, 0.3) is 0 Å². The summed E-state index contributed by atoms with van der Waals surface area (Å²) in [4.78, 5) is 2.45. The van der Waals surface area contributed by atoms with Crippen molar-refractivity contribution >= 4 is 0 Å². The van der Waals surface area contributed by atoms with Crippen molar-refractivity contribution in [3.63, 3.8) is 0 Å². The summed E-state index contributed by atoms with van der Waals surface area (Å²) in [7, 11) is 2.23. The van der Waals surface area contributed by atoms with Gasteiger partial charge in [-0.25, -0.2) is 0 Å². The second-order valence-electron chi connectivity index (χ2n) is 5.43. The summed E-state index contributed by atoms with van der Waals surface area (Å²) in [6.07, 6.45) is 2.69. The molecule has 1 atom stereocenters. The second kappa shape index (κ2) is 5.01. The van der Waals surface area contributed by atoms with Gasteiger partial charge in [-0.15, -0.1) is 0 Å². The van der Waals surface area contributed by atoms with E-state index in [-0.39, 0.29) is 0 Å². The first-order valence-electron chi connectivity index (χ1n) is 6.45. The van der Waals surface area contributed by atoms with E-state index in [1.807, 2.05) is 0 Å². The quantitative estimate of drug-likeness (QED) is 0.731. The van der Waals surface area contributed by atoms with Gasteiger partial charge < -0.3 is 4.90 Å². The van der Waals surface area contributed by atoms with E-state index in [1.165, 1.54) is 37.1 Å². The highest BCUT2D eigenvalue weighted by Gasteiger charge is 2.18. The Morgan fingerprint density at radius 2 is 2.12 bits per heavy atom. The Hall–Kier alpha value is -0.820. The zero-order valence-corrected chi connectivity index (χ0v) is 10.7. The van der Waals surface area contributed by atoms with E-state index in [4.69, 9.17) is 0 Å². The summed E-state index contributed by atoms with van der Waals surface area (Å²) < 4.78 is 0. The molecule has 1 aromatic carbocycles. The number of likely N-dealkylation sites (N-methyl/N-ethyl adjacent to an activating group) is 1. The molecule has 1 aliphatic rings. The molecule has 1 nitrogen and oxygen atoms in total.